The highest BCUT2D eigenvalue weighted by atomic mass is 35.5. The SMILES string of the molecule is CNc1cccc(S(=O)(=O)NCC(=O)Nc2ccc(Cl)cc2Cc2c(F)cccc2F)c1. The number of benzene rings is 3. The second-order valence-corrected chi connectivity index (χ2v) is 9.03. The van der Waals surface area contributed by atoms with Gasteiger partial charge in [0.2, 0.25) is 15.9 Å². The molecule has 0 aliphatic heterocycles. The molecule has 0 heterocycles. The van der Waals surface area contributed by atoms with Crippen LogP contribution < -0.4 is 15.4 Å². The number of nitrogens with one attached hydrogen (secondary N) is 3. The predicted molar refractivity (Wildman–Crippen MR) is 120 cm³/mol. The van der Waals surface area contributed by atoms with Gasteiger partial charge >= 0.3 is 0 Å². The van der Waals surface area contributed by atoms with Gasteiger partial charge in [-0.25, -0.2) is 21.9 Å². The summed E-state index contributed by atoms with van der Waals surface area (Å²) in [5.41, 5.74) is 1.07. The molecular weight excluding hydrogens is 460 g/mol. The zero-order valence-electron chi connectivity index (χ0n) is 17.0. The van der Waals surface area contributed by atoms with Gasteiger partial charge in [0.05, 0.1) is 11.4 Å². The largest absolute Gasteiger partial charge is 0.388 e. The Morgan fingerprint density at radius 1 is 1.00 bits per heavy atom. The number of sulfonamides is 1. The number of amides is 1. The Morgan fingerprint density at radius 2 is 1.69 bits per heavy atom. The van der Waals surface area contributed by atoms with E-state index < -0.39 is 34.1 Å². The van der Waals surface area contributed by atoms with E-state index >= 15 is 0 Å². The smallest absolute Gasteiger partial charge is 0.241 e. The summed E-state index contributed by atoms with van der Waals surface area (Å²) >= 11 is 6.02. The van der Waals surface area contributed by atoms with Crippen molar-refractivity contribution in [2.24, 2.45) is 0 Å². The minimum atomic E-state index is -3.93. The predicted octanol–water partition coefficient (Wildman–Crippen LogP) is 4.17. The molecule has 0 aliphatic rings. The van der Waals surface area contributed by atoms with Crippen molar-refractivity contribution in [2.75, 3.05) is 24.2 Å². The number of carbonyl (C=O) groups excluding carboxylic acids is 1. The van der Waals surface area contributed by atoms with E-state index in [0.717, 1.165) is 12.1 Å². The van der Waals surface area contributed by atoms with Crippen LogP contribution in [0.3, 0.4) is 0 Å². The fourth-order valence-electron chi connectivity index (χ4n) is 2.98. The maximum Gasteiger partial charge on any atom is 0.241 e. The second-order valence-electron chi connectivity index (χ2n) is 6.83. The number of hydrogen-bond acceptors (Lipinski definition) is 4. The number of anilines is 2. The van der Waals surface area contributed by atoms with Crippen molar-refractivity contribution in [1.29, 1.82) is 0 Å². The van der Waals surface area contributed by atoms with Crippen molar-refractivity contribution in [2.45, 2.75) is 11.3 Å². The van der Waals surface area contributed by atoms with E-state index in [1.54, 1.807) is 19.2 Å². The van der Waals surface area contributed by atoms with E-state index in [2.05, 4.69) is 15.4 Å². The molecule has 3 rings (SSSR count). The molecule has 0 unspecified atom stereocenters. The third-order valence-electron chi connectivity index (χ3n) is 4.63. The number of halogens is 3. The molecule has 3 N–H and O–H groups in total. The van der Waals surface area contributed by atoms with Crippen molar-refractivity contribution >= 4 is 38.9 Å². The lowest BCUT2D eigenvalue weighted by Crippen LogP contribution is -2.33. The van der Waals surface area contributed by atoms with Gasteiger partial charge in [0.15, 0.2) is 0 Å². The van der Waals surface area contributed by atoms with Gasteiger partial charge in [-0.05, 0) is 54.1 Å². The molecule has 0 saturated carbocycles. The summed E-state index contributed by atoms with van der Waals surface area (Å²) in [4.78, 5) is 12.4. The van der Waals surface area contributed by atoms with Gasteiger partial charge < -0.3 is 10.6 Å². The molecule has 3 aromatic carbocycles. The Balaban J connectivity index is 1.74. The summed E-state index contributed by atoms with van der Waals surface area (Å²) in [5.74, 6) is -2.10. The molecule has 3 aromatic rings. The van der Waals surface area contributed by atoms with Crippen LogP contribution in [-0.4, -0.2) is 27.9 Å². The highest BCUT2D eigenvalue weighted by Crippen LogP contribution is 2.26. The number of carbonyl (C=O) groups is 1. The van der Waals surface area contributed by atoms with Crippen molar-refractivity contribution in [3.05, 3.63) is 88.4 Å². The number of hydrogen-bond donors (Lipinski definition) is 3. The van der Waals surface area contributed by atoms with Crippen LogP contribution >= 0.6 is 11.6 Å². The Labute approximate surface area is 189 Å². The van der Waals surface area contributed by atoms with Crippen LogP contribution in [0.15, 0.2) is 65.6 Å². The van der Waals surface area contributed by atoms with Crippen molar-refractivity contribution < 1.29 is 22.0 Å². The first-order valence-electron chi connectivity index (χ1n) is 9.48. The average Bonchev–Trinajstić information content (AvgIpc) is 2.77. The van der Waals surface area contributed by atoms with Crippen LogP contribution in [0.1, 0.15) is 11.1 Å². The molecule has 0 bridgehead atoms. The second kappa shape index (κ2) is 10.1. The van der Waals surface area contributed by atoms with E-state index in [-0.39, 0.29) is 22.6 Å². The molecule has 32 heavy (non-hydrogen) atoms. The summed E-state index contributed by atoms with van der Waals surface area (Å²) < 4.78 is 55.3. The molecule has 168 valence electrons. The van der Waals surface area contributed by atoms with E-state index in [9.17, 15) is 22.0 Å². The fraction of sp³-hybridized carbons (Fsp3) is 0.136. The summed E-state index contributed by atoms with van der Waals surface area (Å²) in [5, 5.41) is 5.72. The van der Waals surface area contributed by atoms with Crippen LogP contribution in [0.2, 0.25) is 5.02 Å². The molecule has 1 amide bonds. The molecular formula is C22H20ClF2N3O3S. The van der Waals surface area contributed by atoms with E-state index in [0.29, 0.717) is 16.3 Å². The topological polar surface area (TPSA) is 87.3 Å². The van der Waals surface area contributed by atoms with Crippen molar-refractivity contribution in [3.63, 3.8) is 0 Å². The Kier molecular flexibility index (Phi) is 7.44. The first-order valence-corrected chi connectivity index (χ1v) is 11.3. The first kappa shape index (κ1) is 23.6. The quantitative estimate of drug-likeness (QED) is 0.452. The van der Waals surface area contributed by atoms with Gasteiger partial charge in [0, 0.05) is 35.4 Å². The van der Waals surface area contributed by atoms with Crippen LogP contribution in [0.25, 0.3) is 0 Å². The monoisotopic (exact) mass is 479 g/mol. The normalized spacial score (nSPS) is 11.2. The molecule has 0 aliphatic carbocycles. The third kappa shape index (κ3) is 5.82. The molecule has 0 aromatic heterocycles. The number of rotatable bonds is 8. The van der Waals surface area contributed by atoms with Crippen molar-refractivity contribution in [1.82, 2.24) is 4.72 Å². The standard InChI is InChI=1S/C22H20ClF2N3O3S/c1-26-16-4-2-5-17(12-16)32(30,31)27-13-22(29)28-21-9-8-15(23)10-14(21)11-18-19(24)6-3-7-20(18)25/h2-10,12,26-27H,11,13H2,1H3,(H,28,29). The Bertz CT molecular complexity index is 1230. The fourth-order valence-corrected chi connectivity index (χ4v) is 4.20. The molecule has 6 nitrogen and oxygen atoms in total. The Hall–Kier alpha value is -3.01. The average molecular weight is 480 g/mol. The van der Waals surface area contributed by atoms with Crippen LogP contribution in [0.5, 0.6) is 0 Å². The maximum atomic E-state index is 14.1. The highest BCUT2D eigenvalue weighted by Gasteiger charge is 2.18. The summed E-state index contributed by atoms with van der Waals surface area (Å²) in [6, 6.07) is 14.1. The van der Waals surface area contributed by atoms with Gasteiger partial charge in [0.25, 0.3) is 0 Å². The zero-order valence-corrected chi connectivity index (χ0v) is 18.5. The molecule has 0 radical (unpaired) electrons. The summed E-state index contributed by atoms with van der Waals surface area (Å²) in [6.45, 7) is -0.539. The van der Waals surface area contributed by atoms with Gasteiger partial charge in [0.1, 0.15) is 11.6 Å². The van der Waals surface area contributed by atoms with Crippen LogP contribution in [-0.2, 0) is 21.2 Å². The maximum absolute atomic E-state index is 14.1. The van der Waals surface area contributed by atoms with Gasteiger partial charge in [-0.15, -0.1) is 0 Å². The highest BCUT2D eigenvalue weighted by molar-refractivity contribution is 7.89. The lowest BCUT2D eigenvalue weighted by molar-refractivity contribution is -0.115. The third-order valence-corrected chi connectivity index (χ3v) is 6.26. The molecule has 10 heteroatoms. The van der Waals surface area contributed by atoms with Gasteiger partial charge in [-0.3, -0.25) is 4.79 Å². The minimum absolute atomic E-state index is 0.000593. The van der Waals surface area contributed by atoms with E-state index in [4.69, 9.17) is 11.6 Å². The lowest BCUT2D eigenvalue weighted by atomic mass is 10.0. The van der Waals surface area contributed by atoms with Crippen LogP contribution in [0, 0.1) is 11.6 Å². The zero-order chi connectivity index (χ0) is 23.3. The summed E-state index contributed by atoms with van der Waals surface area (Å²) in [7, 11) is -2.27. The molecule has 0 spiro atoms. The molecule has 0 saturated heterocycles. The van der Waals surface area contributed by atoms with E-state index in [1.807, 2.05) is 0 Å². The van der Waals surface area contributed by atoms with Gasteiger partial charge in [-0.1, -0.05) is 23.7 Å². The first-order chi connectivity index (χ1) is 15.2. The van der Waals surface area contributed by atoms with Crippen molar-refractivity contribution in [3.8, 4) is 0 Å². The van der Waals surface area contributed by atoms with Gasteiger partial charge in [-0.2, -0.15) is 0 Å². The lowest BCUT2D eigenvalue weighted by Gasteiger charge is -2.13. The van der Waals surface area contributed by atoms with E-state index in [1.165, 1.54) is 36.4 Å². The van der Waals surface area contributed by atoms with Crippen LogP contribution in [0.4, 0.5) is 20.2 Å². The molecule has 0 fully saturated rings. The Morgan fingerprint density at radius 3 is 2.38 bits per heavy atom. The molecule has 0 atom stereocenters. The minimum Gasteiger partial charge on any atom is -0.388 e. The summed E-state index contributed by atoms with van der Waals surface area (Å²) in [6.07, 6.45) is -0.156.